The molecule has 0 amide bonds. The Morgan fingerprint density at radius 3 is 2.33 bits per heavy atom. The summed E-state index contributed by atoms with van der Waals surface area (Å²) in [5.74, 6) is -0.218. The van der Waals surface area contributed by atoms with E-state index in [0.717, 1.165) is 15.6 Å². The van der Waals surface area contributed by atoms with Gasteiger partial charge in [-0.15, -0.1) is 0 Å². The van der Waals surface area contributed by atoms with Crippen LogP contribution in [0.25, 0.3) is 0 Å². The molecule has 2 aromatic rings. The van der Waals surface area contributed by atoms with E-state index in [1.807, 2.05) is 0 Å². The van der Waals surface area contributed by atoms with Gasteiger partial charge in [0.05, 0.1) is 0 Å². The van der Waals surface area contributed by atoms with Crippen molar-refractivity contribution in [2.75, 3.05) is 0 Å². The van der Waals surface area contributed by atoms with E-state index in [2.05, 4.69) is 69.4 Å². The fourth-order valence-corrected chi connectivity index (χ4v) is 3.02. The summed E-state index contributed by atoms with van der Waals surface area (Å²) >= 11 is 4.40. The van der Waals surface area contributed by atoms with Crippen LogP contribution in [-0.4, -0.2) is 0 Å². The van der Waals surface area contributed by atoms with Gasteiger partial charge in [-0.05, 0) is 87.0 Å². The first-order valence-electron chi connectivity index (χ1n) is 5.51. The second kappa shape index (κ2) is 6.29. The molecule has 18 heavy (non-hydrogen) atoms. The van der Waals surface area contributed by atoms with E-state index >= 15 is 0 Å². The number of rotatable bonds is 3. The summed E-state index contributed by atoms with van der Waals surface area (Å²) in [4.78, 5) is 0. The van der Waals surface area contributed by atoms with E-state index in [9.17, 15) is 4.39 Å². The average molecular weight is 467 g/mol. The number of nitrogens with two attached hydrogens (primary N) is 1. The molecule has 0 radical (unpaired) electrons. The summed E-state index contributed by atoms with van der Waals surface area (Å²) in [6, 6.07) is 13.0. The lowest BCUT2D eigenvalue weighted by molar-refractivity contribution is 0.622. The Morgan fingerprint density at radius 1 is 1.06 bits per heavy atom. The summed E-state index contributed by atoms with van der Waals surface area (Å²) in [6.45, 7) is 0. The molecule has 0 aliphatic rings. The van der Waals surface area contributed by atoms with Crippen molar-refractivity contribution < 1.29 is 4.39 Å². The zero-order valence-electron chi connectivity index (χ0n) is 9.54. The fourth-order valence-electron chi connectivity index (χ4n) is 1.79. The lowest BCUT2D eigenvalue weighted by Crippen LogP contribution is -2.14. The van der Waals surface area contributed by atoms with E-state index < -0.39 is 0 Å². The van der Waals surface area contributed by atoms with Crippen molar-refractivity contribution in [1.82, 2.24) is 0 Å². The van der Waals surface area contributed by atoms with Crippen LogP contribution in [-0.2, 0) is 6.42 Å². The summed E-state index contributed by atoms with van der Waals surface area (Å²) < 4.78 is 15.1. The van der Waals surface area contributed by atoms with Crippen LogP contribution in [0.1, 0.15) is 17.2 Å². The third kappa shape index (κ3) is 3.64. The molecule has 0 heterocycles. The highest BCUT2D eigenvalue weighted by atomic mass is 127. The predicted molar refractivity (Wildman–Crippen MR) is 88.9 cm³/mol. The van der Waals surface area contributed by atoms with E-state index in [-0.39, 0.29) is 11.9 Å². The maximum atomic E-state index is 13.0. The zero-order chi connectivity index (χ0) is 13.1. The first-order chi connectivity index (χ1) is 8.56. The smallest absolute Gasteiger partial charge is 0.124 e. The van der Waals surface area contributed by atoms with Crippen LogP contribution in [0, 0.1) is 13.0 Å². The molecule has 0 bridgehead atoms. The fraction of sp³-hybridized carbons (Fsp3) is 0.143. The van der Waals surface area contributed by atoms with Gasteiger partial charge in [-0.25, -0.2) is 4.39 Å². The summed E-state index contributed by atoms with van der Waals surface area (Å²) in [6.07, 6.45) is 0.762. The first kappa shape index (κ1) is 14.2. The van der Waals surface area contributed by atoms with Gasteiger partial charge < -0.3 is 5.73 Å². The standard InChI is InChI=1S/C14H12FI2N/c15-10-3-6-12(13(17)8-10)14(18)7-9-1-4-11(16)5-2-9/h1-6,8,14H,7,18H2. The molecule has 0 saturated heterocycles. The molecule has 2 N–H and O–H groups in total. The molecule has 1 atom stereocenters. The van der Waals surface area contributed by atoms with Crippen molar-refractivity contribution in [1.29, 1.82) is 0 Å². The molecule has 0 saturated carbocycles. The quantitative estimate of drug-likeness (QED) is 0.671. The third-order valence-electron chi connectivity index (χ3n) is 2.73. The maximum Gasteiger partial charge on any atom is 0.124 e. The Bertz CT molecular complexity index is 540. The van der Waals surface area contributed by atoms with Crippen LogP contribution in [0.2, 0.25) is 0 Å². The number of hydrogen-bond donors (Lipinski definition) is 1. The topological polar surface area (TPSA) is 26.0 Å². The molecule has 0 aliphatic heterocycles. The molecule has 0 aliphatic carbocycles. The van der Waals surface area contributed by atoms with Crippen LogP contribution in [0.15, 0.2) is 42.5 Å². The van der Waals surface area contributed by atoms with Crippen LogP contribution >= 0.6 is 45.2 Å². The predicted octanol–water partition coefficient (Wildman–Crippen LogP) is 4.28. The highest BCUT2D eigenvalue weighted by molar-refractivity contribution is 14.1. The summed E-state index contributed by atoms with van der Waals surface area (Å²) in [5.41, 5.74) is 8.38. The van der Waals surface area contributed by atoms with Crippen LogP contribution < -0.4 is 5.73 Å². The Kier molecular flexibility index (Phi) is 4.97. The number of benzene rings is 2. The average Bonchev–Trinajstić information content (AvgIpc) is 2.32. The van der Waals surface area contributed by atoms with E-state index in [4.69, 9.17) is 5.73 Å². The van der Waals surface area contributed by atoms with Crippen LogP contribution in [0.4, 0.5) is 4.39 Å². The molecular weight excluding hydrogens is 455 g/mol. The van der Waals surface area contributed by atoms with Gasteiger partial charge in [0.25, 0.3) is 0 Å². The minimum atomic E-state index is -0.218. The minimum Gasteiger partial charge on any atom is -0.324 e. The molecule has 0 fully saturated rings. The SMILES string of the molecule is NC(Cc1ccc(I)cc1)c1ccc(F)cc1I. The van der Waals surface area contributed by atoms with Gasteiger partial charge in [0, 0.05) is 13.2 Å². The van der Waals surface area contributed by atoms with Crippen molar-refractivity contribution in [2.45, 2.75) is 12.5 Å². The molecule has 1 unspecified atom stereocenters. The lowest BCUT2D eigenvalue weighted by atomic mass is 10.00. The second-order valence-corrected chi connectivity index (χ2v) is 6.51. The molecule has 0 aromatic heterocycles. The Balaban J connectivity index is 2.16. The Morgan fingerprint density at radius 2 is 1.72 bits per heavy atom. The molecule has 94 valence electrons. The number of halogens is 3. The van der Waals surface area contributed by atoms with Crippen molar-refractivity contribution in [2.24, 2.45) is 5.73 Å². The van der Waals surface area contributed by atoms with Crippen molar-refractivity contribution >= 4 is 45.2 Å². The highest BCUT2D eigenvalue weighted by Crippen LogP contribution is 2.22. The Hall–Kier alpha value is -0.210. The lowest BCUT2D eigenvalue weighted by Gasteiger charge is -2.14. The third-order valence-corrected chi connectivity index (χ3v) is 4.38. The summed E-state index contributed by atoms with van der Waals surface area (Å²) in [7, 11) is 0. The van der Waals surface area contributed by atoms with Crippen LogP contribution in [0.3, 0.4) is 0 Å². The molecule has 4 heteroatoms. The van der Waals surface area contributed by atoms with Crippen LogP contribution in [0.5, 0.6) is 0 Å². The molecule has 0 spiro atoms. The van der Waals surface area contributed by atoms with Gasteiger partial charge >= 0.3 is 0 Å². The van der Waals surface area contributed by atoms with E-state index in [1.54, 1.807) is 6.07 Å². The second-order valence-electron chi connectivity index (χ2n) is 4.10. The van der Waals surface area contributed by atoms with Gasteiger partial charge in [-0.3, -0.25) is 0 Å². The van der Waals surface area contributed by atoms with Gasteiger partial charge in [0.1, 0.15) is 5.82 Å². The normalized spacial score (nSPS) is 12.4. The van der Waals surface area contributed by atoms with E-state index in [1.165, 1.54) is 21.3 Å². The van der Waals surface area contributed by atoms with Crippen molar-refractivity contribution in [3.05, 3.63) is 66.5 Å². The molecule has 2 rings (SSSR count). The van der Waals surface area contributed by atoms with Crippen molar-refractivity contribution in [3.63, 3.8) is 0 Å². The van der Waals surface area contributed by atoms with Crippen molar-refractivity contribution in [3.8, 4) is 0 Å². The maximum absolute atomic E-state index is 13.0. The zero-order valence-corrected chi connectivity index (χ0v) is 13.9. The Labute approximate surface area is 133 Å². The summed E-state index contributed by atoms with van der Waals surface area (Å²) in [5, 5.41) is 0. The molecule has 2 aromatic carbocycles. The first-order valence-corrected chi connectivity index (χ1v) is 7.67. The largest absolute Gasteiger partial charge is 0.324 e. The minimum absolute atomic E-state index is 0.0995. The number of hydrogen-bond acceptors (Lipinski definition) is 1. The van der Waals surface area contributed by atoms with E-state index in [0.29, 0.717) is 0 Å². The molecular formula is C14H12FI2N. The van der Waals surface area contributed by atoms with Gasteiger partial charge in [0.15, 0.2) is 0 Å². The van der Waals surface area contributed by atoms with Gasteiger partial charge in [0.2, 0.25) is 0 Å². The highest BCUT2D eigenvalue weighted by Gasteiger charge is 2.11. The van der Waals surface area contributed by atoms with Gasteiger partial charge in [-0.1, -0.05) is 18.2 Å². The monoisotopic (exact) mass is 467 g/mol. The molecule has 1 nitrogen and oxygen atoms in total. The van der Waals surface area contributed by atoms with Gasteiger partial charge in [-0.2, -0.15) is 0 Å².